The van der Waals surface area contributed by atoms with Crippen LogP contribution in [0.3, 0.4) is 0 Å². The van der Waals surface area contributed by atoms with Gasteiger partial charge in [-0.2, -0.15) is 0 Å². The molecule has 2 aromatic rings. The van der Waals surface area contributed by atoms with E-state index in [0.717, 1.165) is 31.4 Å². The Morgan fingerprint density at radius 1 is 1.00 bits per heavy atom. The predicted molar refractivity (Wildman–Crippen MR) is 112 cm³/mol. The first-order valence-electron chi connectivity index (χ1n) is 10.9. The van der Waals surface area contributed by atoms with Crippen molar-refractivity contribution in [2.24, 2.45) is 0 Å². The third-order valence-electron chi connectivity index (χ3n) is 7.82. The highest BCUT2D eigenvalue weighted by molar-refractivity contribution is 5.91. The third kappa shape index (κ3) is 2.04. The van der Waals surface area contributed by atoms with Gasteiger partial charge in [0.1, 0.15) is 0 Å². The summed E-state index contributed by atoms with van der Waals surface area (Å²) in [5.74, 6) is -0.159. The van der Waals surface area contributed by atoms with Crippen LogP contribution in [0.15, 0.2) is 60.2 Å². The molecule has 2 aliphatic carbocycles. The Hall–Kier alpha value is -2.65. The summed E-state index contributed by atoms with van der Waals surface area (Å²) >= 11 is 0. The van der Waals surface area contributed by atoms with Crippen LogP contribution in [-0.4, -0.2) is 35.1 Å². The second-order valence-electron chi connectivity index (χ2n) is 9.19. The van der Waals surface area contributed by atoms with Gasteiger partial charge in [0.25, 0.3) is 0 Å². The SMILES string of the molecule is O=C1C=C2C=C(c3ccc4c(c3)Cc3ccccc3-4)[C@@H]3C[C@@]2(O1)[C@H]1CCCCN31. The highest BCUT2D eigenvalue weighted by Crippen LogP contribution is 2.55. The molecular formula is C26H23NO2. The van der Waals surface area contributed by atoms with Gasteiger partial charge in [-0.05, 0) is 65.3 Å². The zero-order chi connectivity index (χ0) is 19.2. The summed E-state index contributed by atoms with van der Waals surface area (Å²) in [7, 11) is 0. The second kappa shape index (κ2) is 5.48. The number of rotatable bonds is 1. The van der Waals surface area contributed by atoms with Gasteiger partial charge in [0.15, 0.2) is 5.60 Å². The van der Waals surface area contributed by atoms with Crippen LogP contribution in [0, 0.1) is 0 Å². The van der Waals surface area contributed by atoms with Crippen molar-refractivity contribution in [2.75, 3.05) is 6.54 Å². The van der Waals surface area contributed by atoms with E-state index in [2.05, 4.69) is 53.4 Å². The molecule has 3 nitrogen and oxygen atoms in total. The van der Waals surface area contributed by atoms with Gasteiger partial charge in [-0.1, -0.05) is 48.9 Å². The van der Waals surface area contributed by atoms with Crippen molar-refractivity contribution in [2.45, 2.75) is 49.8 Å². The van der Waals surface area contributed by atoms with E-state index in [1.807, 2.05) is 0 Å². The van der Waals surface area contributed by atoms with Gasteiger partial charge >= 0.3 is 5.97 Å². The van der Waals surface area contributed by atoms with Crippen LogP contribution in [0.4, 0.5) is 0 Å². The number of carbonyl (C=O) groups excluding carboxylic acids is 1. The fourth-order valence-corrected chi connectivity index (χ4v) is 6.62. The maximum absolute atomic E-state index is 12.2. The molecule has 5 aliphatic rings. The summed E-state index contributed by atoms with van der Waals surface area (Å²) in [6.45, 7) is 1.11. The summed E-state index contributed by atoms with van der Waals surface area (Å²) in [5, 5.41) is 0. The molecule has 0 unspecified atom stereocenters. The average molecular weight is 381 g/mol. The van der Waals surface area contributed by atoms with Gasteiger partial charge in [-0.3, -0.25) is 4.90 Å². The molecule has 3 aliphatic heterocycles. The summed E-state index contributed by atoms with van der Waals surface area (Å²) in [4.78, 5) is 14.9. The number of ether oxygens (including phenoxy) is 1. The van der Waals surface area contributed by atoms with E-state index in [0.29, 0.717) is 12.1 Å². The summed E-state index contributed by atoms with van der Waals surface area (Å²) < 4.78 is 6.00. The van der Waals surface area contributed by atoms with E-state index in [1.54, 1.807) is 6.08 Å². The van der Waals surface area contributed by atoms with E-state index in [-0.39, 0.29) is 5.97 Å². The maximum atomic E-state index is 12.2. The molecular weight excluding hydrogens is 358 g/mol. The van der Waals surface area contributed by atoms with E-state index < -0.39 is 5.60 Å². The molecule has 2 bridgehead atoms. The molecule has 0 radical (unpaired) electrons. The van der Waals surface area contributed by atoms with Crippen LogP contribution in [0.1, 0.15) is 42.4 Å². The van der Waals surface area contributed by atoms with Crippen LogP contribution >= 0.6 is 0 Å². The first-order valence-corrected chi connectivity index (χ1v) is 10.9. The van der Waals surface area contributed by atoms with Crippen molar-refractivity contribution in [3.05, 3.63) is 76.9 Å². The van der Waals surface area contributed by atoms with Crippen molar-refractivity contribution in [1.29, 1.82) is 0 Å². The molecule has 2 aromatic carbocycles. The molecule has 2 fully saturated rings. The summed E-state index contributed by atoms with van der Waals surface area (Å²) in [6.07, 6.45) is 9.55. The van der Waals surface area contributed by atoms with Crippen molar-refractivity contribution in [3.63, 3.8) is 0 Å². The molecule has 3 heterocycles. The maximum Gasteiger partial charge on any atom is 0.332 e. The molecule has 1 spiro atoms. The van der Waals surface area contributed by atoms with E-state index in [1.165, 1.54) is 46.2 Å². The standard InChI is InChI=1S/C26H23NO2/c28-25-14-19-13-22(23-15-26(19,29-25)24-7-3-4-10-27(23)24)17-8-9-21-18(12-17)11-16-5-1-2-6-20(16)21/h1-2,5-6,8-9,12-14,23-24H,3-4,7,10-11,15H2/t23-,24+,26-/m0/s1. The molecule has 144 valence electrons. The fourth-order valence-electron chi connectivity index (χ4n) is 6.62. The Balaban J connectivity index is 1.35. The van der Waals surface area contributed by atoms with Crippen LogP contribution in [0.25, 0.3) is 16.7 Å². The van der Waals surface area contributed by atoms with Crippen molar-refractivity contribution < 1.29 is 9.53 Å². The minimum absolute atomic E-state index is 0.159. The van der Waals surface area contributed by atoms with Crippen molar-refractivity contribution in [1.82, 2.24) is 4.90 Å². The summed E-state index contributed by atoms with van der Waals surface area (Å²) in [5.41, 5.74) is 8.98. The quantitative estimate of drug-likeness (QED) is 0.581. The number of esters is 1. The fraction of sp³-hybridized carbons (Fsp3) is 0.346. The molecule has 29 heavy (non-hydrogen) atoms. The minimum Gasteiger partial charge on any atom is -0.449 e. The first-order chi connectivity index (χ1) is 14.2. The number of hydrogen-bond donors (Lipinski definition) is 0. The van der Waals surface area contributed by atoms with E-state index >= 15 is 0 Å². The molecule has 3 atom stereocenters. The molecule has 3 heteroatoms. The first kappa shape index (κ1) is 16.2. The van der Waals surface area contributed by atoms with Gasteiger partial charge in [-0.15, -0.1) is 0 Å². The Labute approximate surface area is 170 Å². The lowest BCUT2D eigenvalue weighted by molar-refractivity contribution is -0.148. The molecule has 7 rings (SSSR count). The lowest BCUT2D eigenvalue weighted by atomic mass is 9.77. The normalized spacial score (nSPS) is 31.4. The molecule has 0 N–H and O–H groups in total. The van der Waals surface area contributed by atoms with Gasteiger partial charge < -0.3 is 4.74 Å². The van der Waals surface area contributed by atoms with Crippen LogP contribution in [-0.2, 0) is 16.0 Å². The third-order valence-corrected chi connectivity index (χ3v) is 7.82. The van der Waals surface area contributed by atoms with E-state index in [9.17, 15) is 4.79 Å². The lowest BCUT2D eigenvalue weighted by Crippen LogP contribution is -2.48. The largest absolute Gasteiger partial charge is 0.449 e. The Bertz CT molecular complexity index is 1140. The monoisotopic (exact) mass is 381 g/mol. The average Bonchev–Trinajstić information content (AvgIpc) is 3.37. The topological polar surface area (TPSA) is 29.5 Å². The Kier molecular flexibility index (Phi) is 3.06. The second-order valence-corrected chi connectivity index (χ2v) is 9.19. The number of benzene rings is 2. The van der Waals surface area contributed by atoms with Crippen LogP contribution in [0.2, 0.25) is 0 Å². The highest BCUT2D eigenvalue weighted by atomic mass is 16.6. The summed E-state index contributed by atoms with van der Waals surface area (Å²) in [6, 6.07) is 16.4. The molecule has 0 amide bonds. The van der Waals surface area contributed by atoms with Crippen molar-refractivity contribution in [3.8, 4) is 11.1 Å². The van der Waals surface area contributed by atoms with Crippen molar-refractivity contribution >= 4 is 11.5 Å². The van der Waals surface area contributed by atoms with Gasteiger partial charge in [0.05, 0.1) is 6.04 Å². The number of fused-ring (bicyclic) bond motifs is 6. The minimum atomic E-state index is -0.390. The molecule has 0 saturated carbocycles. The number of carbonyl (C=O) groups is 1. The Morgan fingerprint density at radius 3 is 2.86 bits per heavy atom. The highest BCUT2D eigenvalue weighted by Gasteiger charge is 2.61. The molecule has 2 saturated heterocycles. The number of nitrogens with zero attached hydrogens (tertiary/aromatic N) is 1. The smallest absolute Gasteiger partial charge is 0.332 e. The van der Waals surface area contributed by atoms with Crippen LogP contribution < -0.4 is 0 Å². The number of piperidine rings is 1. The number of hydrogen-bond acceptors (Lipinski definition) is 3. The lowest BCUT2D eigenvalue weighted by Gasteiger charge is -2.37. The van der Waals surface area contributed by atoms with Crippen LogP contribution in [0.5, 0.6) is 0 Å². The zero-order valence-corrected chi connectivity index (χ0v) is 16.4. The molecule has 0 aromatic heterocycles. The Morgan fingerprint density at radius 2 is 1.90 bits per heavy atom. The van der Waals surface area contributed by atoms with Gasteiger partial charge in [-0.25, -0.2) is 4.79 Å². The predicted octanol–water partition coefficient (Wildman–Crippen LogP) is 4.50. The van der Waals surface area contributed by atoms with E-state index in [4.69, 9.17) is 4.74 Å². The van der Waals surface area contributed by atoms with Gasteiger partial charge in [0.2, 0.25) is 0 Å². The zero-order valence-electron chi connectivity index (χ0n) is 16.4. The van der Waals surface area contributed by atoms with Gasteiger partial charge in [0, 0.05) is 24.1 Å².